The Hall–Kier alpha value is -15.6. The summed E-state index contributed by atoms with van der Waals surface area (Å²) in [6.07, 6.45) is 32.7. The molecule has 31 nitrogen and oxygen atoms in total. The maximum absolute atomic E-state index is 14.1. The van der Waals surface area contributed by atoms with Crippen LogP contribution in [0.15, 0.2) is 232 Å². The van der Waals surface area contributed by atoms with Crippen LogP contribution in [0.1, 0.15) is 232 Å². The average Bonchev–Trinajstić information content (AvgIpc) is 1.67. The highest BCUT2D eigenvalue weighted by molar-refractivity contribution is 6.02. The summed E-state index contributed by atoms with van der Waals surface area (Å²) in [4.78, 5) is 140. The highest BCUT2D eigenvalue weighted by Gasteiger charge is 2.36. The van der Waals surface area contributed by atoms with Gasteiger partial charge in [-0.2, -0.15) is 5.26 Å². The summed E-state index contributed by atoms with van der Waals surface area (Å²) >= 11 is 0. The van der Waals surface area contributed by atoms with E-state index in [0.717, 1.165) is 124 Å². The van der Waals surface area contributed by atoms with Crippen LogP contribution in [0.3, 0.4) is 0 Å². The number of carbonyl (C=O) groups is 8. The minimum atomic E-state index is -1.21. The number of alkyl halides is 3. The number of halogens is 3. The number of nitriles is 1. The predicted molar refractivity (Wildman–Crippen MR) is 551 cm³/mol. The summed E-state index contributed by atoms with van der Waals surface area (Å²) in [7, 11) is 0. The number of aliphatic hydroxyl groups excluding tert-OH is 1. The number of fused-ring (bicyclic) bond motifs is 5. The Bertz CT molecular complexity index is 7270. The van der Waals surface area contributed by atoms with Crippen molar-refractivity contribution in [3.63, 3.8) is 0 Å². The van der Waals surface area contributed by atoms with E-state index in [9.17, 15) is 51.5 Å². The van der Waals surface area contributed by atoms with Crippen LogP contribution in [-0.2, 0) is 0 Å². The van der Waals surface area contributed by atoms with Crippen LogP contribution in [0.25, 0.3) is 83.6 Å². The van der Waals surface area contributed by atoms with E-state index in [4.69, 9.17) is 16.1 Å². The molecule has 5 fully saturated rings. The highest BCUT2D eigenvalue weighted by Crippen LogP contribution is 2.34. The van der Waals surface area contributed by atoms with E-state index in [2.05, 4.69) is 83.7 Å². The summed E-state index contributed by atoms with van der Waals surface area (Å²) < 4.78 is 51.7. The summed E-state index contributed by atoms with van der Waals surface area (Å²) in [5.74, 6) is -0.761. The molecule has 1 atom stereocenters. The molecule has 750 valence electrons. The third-order valence-electron chi connectivity index (χ3n) is 26.8. The molecular weight excluding hydrogens is 1840 g/mol. The molecule has 12 aromatic heterocycles. The van der Waals surface area contributed by atoms with Gasteiger partial charge in [-0.3, -0.25) is 57.5 Å². The number of aromatic nitrogens is 12. The first-order valence-electron chi connectivity index (χ1n) is 49.4. The molecule has 6 N–H and O–H groups in total. The van der Waals surface area contributed by atoms with Crippen LogP contribution in [0.4, 0.5) is 13.2 Å². The first-order valence-corrected chi connectivity index (χ1v) is 49.4. The largest absolute Gasteiger partial charge is 0.395 e. The molecule has 3 aromatic carbocycles. The van der Waals surface area contributed by atoms with E-state index in [1.54, 1.807) is 134 Å². The van der Waals surface area contributed by atoms with Crippen LogP contribution >= 0.6 is 0 Å². The van der Waals surface area contributed by atoms with Gasteiger partial charge < -0.3 is 65.0 Å². The number of nitrogens with one attached hydrogen (secondary N) is 3. The fourth-order valence-corrected chi connectivity index (χ4v) is 18.2. The van der Waals surface area contributed by atoms with Crippen molar-refractivity contribution in [1.82, 2.24) is 98.2 Å². The number of amides is 8. The lowest BCUT2D eigenvalue weighted by Crippen LogP contribution is -2.43. The zero-order chi connectivity index (χ0) is 102. The molecule has 5 aliphatic heterocycles. The molecule has 5 aliphatic rings. The minimum absolute atomic E-state index is 0.0153. The lowest BCUT2D eigenvalue weighted by molar-refractivity contribution is 0.0493. The Kier molecular flexibility index (Phi) is 31.7. The van der Waals surface area contributed by atoms with Crippen molar-refractivity contribution < 1.29 is 56.6 Å². The Labute approximate surface area is 838 Å². The number of carbonyl (C=O) groups excluding carboxylic acids is 8. The van der Waals surface area contributed by atoms with Gasteiger partial charge in [-0.05, 0) is 256 Å². The number of nitrogens with zero attached hydrogens (tertiary/aromatic N) is 18. The van der Waals surface area contributed by atoms with Crippen LogP contribution in [0.2, 0.25) is 0 Å². The molecule has 0 bridgehead atoms. The quantitative estimate of drug-likeness (QED) is 0.0533. The SMILES string of the molecule is CC(C)(C)CNC(=O)c1cncc(-n2ccc3cc(C(=O)N4CCC(C)(F)CC4)cnc32)c1.CC(N)c1cccc(-n2ccc3cc(C(=O)N4CCCCC4)cnc32)c1.CC1(F)CCN(C(=O)c2cnc3c(ccn3-c3ccc(C(=O)NCCO)cc3)c2)CC1.CCNC(=O)c1ccc(-n2ccc3cc(C(=O)N4CCC(C)(F)CC4)cnc32)cc1.N#Cc1cncc(-n2ccc3cc(C(=O)N4CCCCC4)cnc32)c1. The van der Waals surface area contributed by atoms with Crippen LogP contribution in [0.5, 0.6) is 0 Å². The fraction of sp³-hybridized carbons (Fsp3) is 0.351. The molecule has 5 saturated heterocycles. The van der Waals surface area contributed by atoms with Crippen molar-refractivity contribution in [3.8, 4) is 34.5 Å². The van der Waals surface area contributed by atoms with E-state index in [0.29, 0.717) is 158 Å². The Balaban J connectivity index is 0.000000130. The van der Waals surface area contributed by atoms with Gasteiger partial charge in [0, 0.05) is 221 Å². The van der Waals surface area contributed by atoms with Gasteiger partial charge in [0.15, 0.2) is 0 Å². The van der Waals surface area contributed by atoms with Crippen LogP contribution < -0.4 is 21.7 Å². The van der Waals surface area contributed by atoms with Crippen molar-refractivity contribution in [1.29, 1.82) is 5.26 Å². The molecule has 20 rings (SSSR count). The fourth-order valence-electron chi connectivity index (χ4n) is 18.2. The molecule has 15 aromatic rings. The van der Waals surface area contributed by atoms with Crippen molar-refractivity contribution in [2.75, 3.05) is 91.7 Å². The van der Waals surface area contributed by atoms with Crippen molar-refractivity contribution in [2.45, 2.75) is 155 Å². The number of pyridine rings is 7. The monoisotopic (exact) mass is 1960 g/mol. The maximum Gasteiger partial charge on any atom is 0.255 e. The normalized spacial score (nSPS) is 15.7. The van der Waals surface area contributed by atoms with Crippen molar-refractivity contribution in [3.05, 3.63) is 288 Å². The zero-order valence-electron chi connectivity index (χ0n) is 82.9. The third-order valence-corrected chi connectivity index (χ3v) is 26.8. The molecule has 0 saturated carbocycles. The predicted octanol–water partition coefficient (Wildman–Crippen LogP) is 17.2. The molecule has 8 amide bonds. The van der Waals surface area contributed by atoms with Gasteiger partial charge in [-0.15, -0.1) is 0 Å². The van der Waals surface area contributed by atoms with E-state index in [1.807, 2.05) is 168 Å². The number of piperidine rings is 5. The first kappa shape index (κ1) is 102. The number of aliphatic hydroxyl groups is 1. The summed E-state index contributed by atoms with van der Waals surface area (Å²) in [6, 6.07) is 47.0. The maximum atomic E-state index is 14.1. The van der Waals surface area contributed by atoms with Gasteiger partial charge in [-0.1, -0.05) is 32.9 Å². The minimum Gasteiger partial charge on any atom is -0.395 e. The van der Waals surface area contributed by atoms with Gasteiger partial charge in [0.2, 0.25) is 0 Å². The Morgan fingerprint density at radius 3 is 1.05 bits per heavy atom. The Morgan fingerprint density at radius 2 is 0.710 bits per heavy atom. The second-order valence-electron chi connectivity index (χ2n) is 39.5. The molecule has 0 spiro atoms. The first-order chi connectivity index (χ1) is 69.7. The number of hydrogen-bond acceptors (Lipinski definition) is 18. The highest BCUT2D eigenvalue weighted by atomic mass is 19.2. The van der Waals surface area contributed by atoms with Crippen molar-refractivity contribution in [2.24, 2.45) is 11.1 Å². The van der Waals surface area contributed by atoms with Gasteiger partial charge in [-0.25, -0.2) is 38.1 Å². The molecule has 17 heterocycles. The standard InChI is InChI=1S/C25H30FN5O2.C23H25FN4O3.C23H25FN4O2.C21H24N4O.C19H17N5O/c1-24(2,3)16-29-22(32)18-12-20(15-27-13-18)31-8-5-17-11-19(14-28-21(17)31)23(33)30-9-6-25(4,26)7-10-30;1-23(24)7-11-27(12-8-23)22(31)18-14-17-6-10-28(20(17)26-15-18)19-4-2-16(3-5-19)21(30)25-9-13-29;1-3-25-21(29)16-4-6-19(7-5-16)28-11-8-17-14-18(15-26-20(17)28)22(30)27-12-9-23(2,24)10-13-27;1-15(22)16-6-5-7-19(13-16)25-11-8-17-12-18(14-23-20(17)25)21(26)24-9-3-2-4-10-24;20-10-14-8-17(13-21-11-14)24-7-4-15-9-16(12-22-18(15)24)19(25)23-5-2-1-3-6-23/h5,8,11-15H,6-7,9-10,16H2,1-4H3,(H,29,32);2-6,10,14-15,29H,7-9,11-13H2,1H3,(H,25,30);4-8,11,14-15H,3,9-10,12-13H2,1-2H3,(H,25,29);5-8,11-15H,2-4,9-10,22H2,1H3;4,7-9,11-13H,1-3,5-6H2. The smallest absolute Gasteiger partial charge is 0.255 e. The van der Waals surface area contributed by atoms with Crippen molar-refractivity contribution >= 4 is 102 Å². The van der Waals surface area contributed by atoms with Crippen LogP contribution in [-0.4, -0.2) is 243 Å². The van der Waals surface area contributed by atoms with E-state index < -0.39 is 17.0 Å². The van der Waals surface area contributed by atoms with Gasteiger partial charge in [0.1, 0.15) is 51.3 Å². The van der Waals surface area contributed by atoms with Gasteiger partial charge >= 0.3 is 0 Å². The lowest BCUT2D eigenvalue weighted by Gasteiger charge is -2.34. The molecule has 0 radical (unpaired) electrons. The molecule has 34 heteroatoms. The molecule has 0 aliphatic carbocycles. The van der Waals surface area contributed by atoms with E-state index >= 15 is 0 Å². The average molecular weight is 1960 g/mol. The lowest BCUT2D eigenvalue weighted by atomic mass is 9.95. The number of hydrogen-bond donors (Lipinski definition) is 5. The van der Waals surface area contributed by atoms with Gasteiger partial charge in [0.05, 0.1) is 69.3 Å². The summed E-state index contributed by atoms with van der Waals surface area (Å²) in [5.41, 5.74) is 16.2. The third kappa shape index (κ3) is 24.8. The van der Waals surface area contributed by atoms with Gasteiger partial charge in [0.25, 0.3) is 47.3 Å². The number of likely N-dealkylation sites (tertiary alicyclic amines) is 5. The molecule has 145 heavy (non-hydrogen) atoms. The van der Waals surface area contributed by atoms with E-state index in [-0.39, 0.29) is 71.9 Å². The second-order valence-corrected chi connectivity index (χ2v) is 39.5. The number of nitrogens with two attached hydrogens (primary N) is 1. The Morgan fingerprint density at radius 1 is 0.386 bits per heavy atom. The zero-order valence-corrected chi connectivity index (χ0v) is 82.9. The molecule has 1 unspecified atom stereocenters. The second kappa shape index (κ2) is 44.9. The topological polar surface area (TPSA) is 374 Å². The number of benzene rings is 3. The number of rotatable bonds is 18. The van der Waals surface area contributed by atoms with E-state index in [1.165, 1.54) is 19.0 Å². The van der Waals surface area contributed by atoms with Crippen LogP contribution in [0, 0.1) is 16.7 Å². The molecular formula is C111H121F3N22O9. The summed E-state index contributed by atoms with van der Waals surface area (Å²) in [5, 5.41) is 30.5. The summed E-state index contributed by atoms with van der Waals surface area (Å²) in [6.45, 7) is 21.8.